The van der Waals surface area contributed by atoms with Gasteiger partial charge in [0.05, 0.1) is 0 Å². The van der Waals surface area contributed by atoms with Crippen LogP contribution in [-0.4, -0.2) is 29.7 Å². The van der Waals surface area contributed by atoms with Crippen molar-refractivity contribution < 1.29 is 0 Å². The topological polar surface area (TPSA) is 95.4 Å². The molecule has 0 radical (unpaired) electrons. The van der Waals surface area contributed by atoms with Crippen LogP contribution in [0.15, 0.2) is 30.9 Å². The monoisotopic (exact) mass is 267 g/mol. The van der Waals surface area contributed by atoms with Gasteiger partial charge in [0.1, 0.15) is 12.7 Å². The van der Waals surface area contributed by atoms with Crippen molar-refractivity contribution in [1.29, 1.82) is 0 Å². The zero-order chi connectivity index (χ0) is 14.1. The molecule has 0 fully saturated rings. The summed E-state index contributed by atoms with van der Waals surface area (Å²) >= 11 is 0. The molecule has 0 aliphatic heterocycles. The molecule has 2 heterocycles. The van der Waals surface area contributed by atoms with E-state index in [1.807, 2.05) is 26.0 Å². The minimum absolute atomic E-state index is 0.153. The fourth-order valence-corrected chi connectivity index (χ4v) is 1.98. The number of aromatic nitrogens is 6. The second-order valence-corrected chi connectivity index (χ2v) is 4.48. The van der Waals surface area contributed by atoms with Crippen molar-refractivity contribution in [2.45, 2.75) is 13.8 Å². The van der Waals surface area contributed by atoms with Gasteiger partial charge >= 0.3 is 0 Å². The number of nitrogens with two attached hydrogens (primary N) is 1. The number of benzene rings is 1. The first-order valence-corrected chi connectivity index (χ1v) is 6.07. The largest absolute Gasteiger partial charge is 0.368 e. The Morgan fingerprint density at radius 3 is 2.65 bits per heavy atom. The summed E-state index contributed by atoms with van der Waals surface area (Å²) in [6.07, 6.45) is 2.93. The first kappa shape index (κ1) is 12.2. The Morgan fingerprint density at radius 1 is 1.10 bits per heavy atom. The molecule has 0 bridgehead atoms. The van der Waals surface area contributed by atoms with Gasteiger partial charge in [-0.3, -0.25) is 0 Å². The number of anilines is 1. The lowest BCUT2D eigenvalue weighted by Crippen LogP contribution is -2.08. The molecule has 0 saturated heterocycles. The average molecular weight is 267 g/mol. The van der Waals surface area contributed by atoms with E-state index in [-0.39, 0.29) is 5.95 Å². The highest BCUT2D eigenvalue weighted by Gasteiger charge is 2.10. The third-order valence-corrected chi connectivity index (χ3v) is 2.89. The first-order valence-electron chi connectivity index (χ1n) is 6.07. The van der Waals surface area contributed by atoms with Crippen LogP contribution in [-0.2, 0) is 0 Å². The summed E-state index contributed by atoms with van der Waals surface area (Å²) < 4.78 is 1.45. The molecule has 20 heavy (non-hydrogen) atoms. The van der Waals surface area contributed by atoms with Gasteiger partial charge in [-0.25, -0.2) is 4.98 Å². The molecule has 2 aromatic heterocycles. The number of aryl methyl sites for hydroxylation is 2. The maximum atomic E-state index is 5.76. The van der Waals surface area contributed by atoms with E-state index in [0.717, 1.165) is 11.1 Å². The van der Waals surface area contributed by atoms with Crippen molar-refractivity contribution in [1.82, 2.24) is 29.7 Å². The van der Waals surface area contributed by atoms with Crippen LogP contribution in [0.25, 0.3) is 17.3 Å². The lowest BCUT2D eigenvalue weighted by atomic mass is 10.1. The molecule has 0 saturated carbocycles. The third kappa shape index (κ3) is 2.20. The summed E-state index contributed by atoms with van der Waals surface area (Å²) in [5.74, 6) is 1.03. The van der Waals surface area contributed by atoms with Gasteiger partial charge in [-0.1, -0.05) is 23.8 Å². The molecule has 1 aromatic carbocycles. The molecule has 0 atom stereocenters. The standard InChI is InChI=1S/C13H13N7/c1-8-3-4-10(9(2)5-8)11-17-12(14)19-13(18-11)20-7-15-6-16-20/h3-7H,1-2H3,(H2,14,17,18,19). The van der Waals surface area contributed by atoms with Crippen LogP contribution in [0.1, 0.15) is 11.1 Å². The zero-order valence-corrected chi connectivity index (χ0v) is 11.1. The molecule has 3 rings (SSSR count). The normalized spacial score (nSPS) is 10.7. The van der Waals surface area contributed by atoms with Crippen molar-refractivity contribution in [2.75, 3.05) is 5.73 Å². The Hall–Kier alpha value is -2.83. The van der Waals surface area contributed by atoms with Crippen molar-refractivity contribution >= 4 is 5.95 Å². The Bertz CT molecular complexity index is 749. The van der Waals surface area contributed by atoms with Gasteiger partial charge in [-0.05, 0) is 19.4 Å². The minimum Gasteiger partial charge on any atom is -0.368 e. The molecule has 0 spiro atoms. The molecule has 2 N–H and O–H groups in total. The van der Waals surface area contributed by atoms with Gasteiger partial charge in [0.25, 0.3) is 5.95 Å². The summed E-state index contributed by atoms with van der Waals surface area (Å²) in [5, 5.41) is 4.00. The van der Waals surface area contributed by atoms with Gasteiger partial charge < -0.3 is 5.73 Å². The van der Waals surface area contributed by atoms with Gasteiger partial charge in [0.15, 0.2) is 5.82 Å². The summed E-state index contributed by atoms with van der Waals surface area (Å²) in [6.45, 7) is 4.05. The van der Waals surface area contributed by atoms with Crippen molar-refractivity contribution in [3.63, 3.8) is 0 Å². The Labute approximate surface area is 115 Å². The Balaban J connectivity index is 2.14. The molecule has 0 unspecified atom stereocenters. The van der Waals surface area contributed by atoms with E-state index >= 15 is 0 Å². The predicted octanol–water partition coefficient (Wildman–Crippen LogP) is 1.32. The van der Waals surface area contributed by atoms with Gasteiger partial charge in [0.2, 0.25) is 5.95 Å². The van der Waals surface area contributed by atoms with Crippen LogP contribution in [0, 0.1) is 13.8 Å². The van der Waals surface area contributed by atoms with Crippen molar-refractivity contribution in [2.24, 2.45) is 0 Å². The molecule has 3 aromatic rings. The number of nitrogens with zero attached hydrogens (tertiary/aromatic N) is 6. The van der Waals surface area contributed by atoms with Crippen LogP contribution in [0.3, 0.4) is 0 Å². The Morgan fingerprint density at radius 2 is 1.95 bits per heavy atom. The van der Waals surface area contributed by atoms with Crippen LogP contribution in [0.5, 0.6) is 0 Å². The average Bonchev–Trinajstić information content (AvgIpc) is 2.91. The lowest BCUT2D eigenvalue weighted by molar-refractivity contribution is 0.799. The maximum absolute atomic E-state index is 5.76. The second kappa shape index (κ2) is 4.69. The highest BCUT2D eigenvalue weighted by atomic mass is 15.4. The smallest absolute Gasteiger partial charge is 0.257 e. The van der Waals surface area contributed by atoms with Crippen LogP contribution >= 0.6 is 0 Å². The third-order valence-electron chi connectivity index (χ3n) is 2.89. The molecule has 7 heteroatoms. The number of hydrogen-bond acceptors (Lipinski definition) is 6. The lowest BCUT2D eigenvalue weighted by Gasteiger charge is -2.07. The number of hydrogen-bond donors (Lipinski definition) is 1. The van der Waals surface area contributed by atoms with Crippen LogP contribution in [0.2, 0.25) is 0 Å². The summed E-state index contributed by atoms with van der Waals surface area (Å²) in [6, 6.07) is 6.06. The van der Waals surface area contributed by atoms with E-state index in [4.69, 9.17) is 5.73 Å². The van der Waals surface area contributed by atoms with Gasteiger partial charge in [-0.15, -0.1) is 0 Å². The molecular weight excluding hydrogens is 254 g/mol. The fourth-order valence-electron chi connectivity index (χ4n) is 1.98. The predicted molar refractivity (Wildman–Crippen MR) is 74.1 cm³/mol. The van der Waals surface area contributed by atoms with Crippen LogP contribution < -0.4 is 5.73 Å². The zero-order valence-electron chi connectivity index (χ0n) is 11.1. The van der Waals surface area contributed by atoms with E-state index in [2.05, 4.69) is 31.1 Å². The molecule has 100 valence electrons. The number of rotatable bonds is 2. The van der Waals surface area contributed by atoms with E-state index < -0.39 is 0 Å². The Kier molecular flexibility index (Phi) is 2.86. The highest BCUT2D eigenvalue weighted by Crippen LogP contribution is 2.21. The van der Waals surface area contributed by atoms with Gasteiger partial charge in [0, 0.05) is 5.56 Å². The van der Waals surface area contributed by atoms with Crippen LogP contribution in [0.4, 0.5) is 5.95 Å². The summed E-state index contributed by atoms with van der Waals surface area (Å²) in [4.78, 5) is 16.5. The number of nitrogen functional groups attached to an aromatic ring is 1. The second-order valence-electron chi connectivity index (χ2n) is 4.48. The molecule has 0 aliphatic carbocycles. The van der Waals surface area contributed by atoms with Gasteiger partial charge in [-0.2, -0.15) is 24.7 Å². The quantitative estimate of drug-likeness (QED) is 0.752. The molecule has 0 amide bonds. The van der Waals surface area contributed by atoms with Crippen molar-refractivity contribution in [3.8, 4) is 17.3 Å². The summed E-state index contributed by atoms with van der Waals surface area (Å²) in [5.41, 5.74) is 8.95. The fraction of sp³-hybridized carbons (Fsp3) is 0.154. The SMILES string of the molecule is Cc1ccc(-c2nc(N)nc(-n3cncn3)n2)c(C)c1. The molecular formula is C13H13N7. The molecule has 0 aliphatic rings. The minimum atomic E-state index is 0.153. The molecule has 7 nitrogen and oxygen atoms in total. The van der Waals surface area contributed by atoms with Crippen molar-refractivity contribution in [3.05, 3.63) is 42.0 Å². The van der Waals surface area contributed by atoms with E-state index in [1.165, 1.54) is 22.9 Å². The van der Waals surface area contributed by atoms with E-state index in [9.17, 15) is 0 Å². The van der Waals surface area contributed by atoms with E-state index in [1.54, 1.807) is 0 Å². The maximum Gasteiger partial charge on any atom is 0.257 e. The summed E-state index contributed by atoms with van der Waals surface area (Å²) in [7, 11) is 0. The first-order chi connectivity index (χ1) is 9.63. The van der Waals surface area contributed by atoms with E-state index in [0.29, 0.717) is 11.8 Å². The highest BCUT2D eigenvalue weighted by molar-refractivity contribution is 5.61.